The van der Waals surface area contributed by atoms with Gasteiger partial charge in [0.25, 0.3) is 0 Å². The molecule has 0 atom stereocenters. The van der Waals surface area contributed by atoms with Gasteiger partial charge in [-0.25, -0.2) is 8.42 Å². The Bertz CT molecular complexity index is 1150. The average Bonchev–Trinajstić information content (AvgIpc) is 3.20. The van der Waals surface area contributed by atoms with Crippen LogP contribution in [0.1, 0.15) is 28.5 Å². The number of sulfone groups is 1. The lowest BCUT2D eigenvalue weighted by Crippen LogP contribution is -2.28. The zero-order chi connectivity index (χ0) is 19.9. The minimum Gasteiger partial charge on any atom is -0.425 e. The highest BCUT2D eigenvalue weighted by atomic mass is 32.2. The molecular formula is C18H18BN3O5S. The maximum absolute atomic E-state index is 13.1. The summed E-state index contributed by atoms with van der Waals surface area (Å²) in [4.78, 5) is 0.162. The fraction of sp³-hybridized carbons (Fsp3) is 0.222. The van der Waals surface area contributed by atoms with Crippen molar-refractivity contribution in [2.75, 3.05) is 5.73 Å². The topological polar surface area (TPSA) is 129 Å². The molecule has 3 N–H and O–H groups in total. The summed E-state index contributed by atoms with van der Waals surface area (Å²) < 4.78 is 36.8. The minimum absolute atomic E-state index is 0.162. The van der Waals surface area contributed by atoms with Gasteiger partial charge in [0.1, 0.15) is 0 Å². The molecule has 10 heteroatoms. The molecule has 28 heavy (non-hydrogen) atoms. The van der Waals surface area contributed by atoms with Crippen LogP contribution in [-0.2, 0) is 33.3 Å². The van der Waals surface area contributed by atoms with Crippen molar-refractivity contribution >= 4 is 28.1 Å². The number of benzene rings is 2. The van der Waals surface area contributed by atoms with E-state index in [1.54, 1.807) is 37.3 Å². The molecule has 0 saturated carbocycles. The highest BCUT2D eigenvalue weighted by Gasteiger charge is 2.28. The smallest absolute Gasteiger partial charge is 0.425 e. The molecule has 0 spiro atoms. The molecule has 144 valence electrons. The largest absolute Gasteiger partial charge is 0.491 e. The molecule has 0 bridgehead atoms. The van der Waals surface area contributed by atoms with Gasteiger partial charge in [-0.15, -0.1) is 10.2 Å². The van der Waals surface area contributed by atoms with Crippen molar-refractivity contribution in [1.29, 1.82) is 0 Å². The van der Waals surface area contributed by atoms with Gasteiger partial charge in [0.15, 0.2) is 9.84 Å². The van der Waals surface area contributed by atoms with Crippen molar-refractivity contribution in [3.05, 3.63) is 64.9 Å². The summed E-state index contributed by atoms with van der Waals surface area (Å²) in [5, 5.41) is 17.6. The second-order valence-electron chi connectivity index (χ2n) is 6.71. The Hall–Kier alpha value is -2.69. The van der Waals surface area contributed by atoms with Crippen LogP contribution in [0.15, 0.2) is 45.7 Å². The van der Waals surface area contributed by atoms with Gasteiger partial charge in [0.05, 0.1) is 23.7 Å². The van der Waals surface area contributed by atoms with Crippen LogP contribution in [0.5, 0.6) is 0 Å². The standard InChI is InChI=1S/C18H18BN3O5S/c1-11-21-22-18(27-11)8-14-7-15(20)4-5-17(14)28(24,25)10-12-2-3-13-9-26-19(23)16(13)6-12/h2-7,23H,8-10,20H2,1H3. The fourth-order valence-electron chi connectivity index (χ4n) is 3.26. The van der Waals surface area contributed by atoms with Gasteiger partial charge in [0.2, 0.25) is 11.8 Å². The zero-order valence-electron chi connectivity index (χ0n) is 15.1. The normalized spacial score (nSPS) is 13.7. The third kappa shape index (κ3) is 3.66. The number of aryl methyl sites for hydroxylation is 1. The van der Waals surface area contributed by atoms with E-state index in [9.17, 15) is 13.4 Å². The number of fused-ring (bicyclic) bond motifs is 1. The van der Waals surface area contributed by atoms with Crippen molar-refractivity contribution < 1.29 is 22.5 Å². The number of nitrogens with two attached hydrogens (primary N) is 1. The van der Waals surface area contributed by atoms with Gasteiger partial charge in [-0.3, -0.25) is 0 Å². The van der Waals surface area contributed by atoms with E-state index in [-0.39, 0.29) is 17.1 Å². The summed E-state index contributed by atoms with van der Waals surface area (Å²) in [5.41, 5.74) is 8.82. The summed E-state index contributed by atoms with van der Waals surface area (Å²) >= 11 is 0. The summed E-state index contributed by atoms with van der Waals surface area (Å²) in [6.45, 7) is 1.98. The SMILES string of the molecule is Cc1nnc(Cc2cc(N)ccc2S(=O)(=O)Cc2ccc3c(c2)B(O)OC3)o1. The van der Waals surface area contributed by atoms with Crippen LogP contribution in [0, 0.1) is 6.92 Å². The highest BCUT2D eigenvalue weighted by Crippen LogP contribution is 2.25. The Balaban J connectivity index is 1.67. The van der Waals surface area contributed by atoms with Crippen molar-refractivity contribution in [2.24, 2.45) is 0 Å². The second kappa shape index (κ2) is 7.04. The lowest BCUT2D eigenvalue weighted by molar-refractivity contribution is 0.275. The van der Waals surface area contributed by atoms with E-state index < -0.39 is 17.0 Å². The maximum atomic E-state index is 13.1. The first-order valence-corrected chi connectivity index (χ1v) is 10.3. The molecule has 1 aliphatic heterocycles. The van der Waals surface area contributed by atoms with E-state index >= 15 is 0 Å². The van der Waals surface area contributed by atoms with E-state index in [0.29, 0.717) is 40.7 Å². The molecular weight excluding hydrogens is 381 g/mol. The molecule has 8 nitrogen and oxygen atoms in total. The first-order chi connectivity index (χ1) is 13.3. The number of hydrogen-bond donors (Lipinski definition) is 2. The van der Waals surface area contributed by atoms with Gasteiger partial charge in [-0.05, 0) is 40.4 Å². The molecule has 2 aromatic carbocycles. The Morgan fingerprint density at radius 3 is 2.79 bits per heavy atom. The molecule has 1 aromatic heterocycles. The molecule has 3 aromatic rings. The van der Waals surface area contributed by atoms with Gasteiger partial charge >= 0.3 is 7.12 Å². The lowest BCUT2D eigenvalue weighted by atomic mass is 9.79. The molecule has 0 aliphatic carbocycles. The minimum atomic E-state index is -3.68. The predicted octanol–water partition coefficient (Wildman–Crippen LogP) is 0.743. The quantitative estimate of drug-likeness (QED) is 0.475. The van der Waals surface area contributed by atoms with Crippen molar-refractivity contribution in [3.63, 3.8) is 0 Å². The highest BCUT2D eigenvalue weighted by molar-refractivity contribution is 7.90. The average molecular weight is 399 g/mol. The van der Waals surface area contributed by atoms with Gasteiger partial charge in [-0.1, -0.05) is 18.2 Å². The third-order valence-electron chi connectivity index (χ3n) is 4.56. The van der Waals surface area contributed by atoms with Gasteiger partial charge in [-0.2, -0.15) is 0 Å². The van der Waals surface area contributed by atoms with E-state index in [0.717, 1.165) is 5.56 Å². The van der Waals surface area contributed by atoms with Crippen molar-refractivity contribution in [2.45, 2.75) is 30.6 Å². The molecule has 1 aliphatic rings. The summed E-state index contributed by atoms with van der Waals surface area (Å²) in [6.07, 6.45) is 0.164. The fourth-order valence-corrected chi connectivity index (χ4v) is 4.84. The van der Waals surface area contributed by atoms with Crippen LogP contribution < -0.4 is 11.2 Å². The molecule has 0 fully saturated rings. The third-order valence-corrected chi connectivity index (χ3v) is 6.34. The van der Waals surface area contributed by atoms with Crippen LogP contribution in [-0.4, -0.2) is 30.8 Å². The predicted molar refractivity (Wildman–Crippen MR) is 102 cm³/mol. The van der Waals surface area contributed by atoms with E-state index in [2.05, 4.69) is 10.2 Å². The maximum Gasteiger partial charge on any atom is 0.491 e. The number of rotatable bonds is 5. The number of nitrogens with zero attached hydrogens (tertiary/aromatic N) is 2. The number of hydrogen-bond acceptors (Lipinski definition) is 8. The van der Waals surface area contributed by atoms with Gasteiger partial charge in [0, 0.05) is 12.6 Å². The Labute approximate surface area is 162 Å². The monoisotopic (exact) mass is 399 g/mol. The molecule has 2 heterocycles. The van der Waals surface area contributed by atoms with Crippen LogP contribution in [0.25, 0.3) is 0 Å². The molecule has 0 radical (unpaired) electrons. The second-order valence-corrected chi connectivity index (χ2v) is 8.67. The van der Waals surface area contributed by atoms with Gasteiger partial charge < -0.3 is 19.8 Å². The van der Waals surface area contributed by atoms with Crippen LogP contribution >= 0.6 is 0 Å². The Morgan fingerprint density at radius 1 is 1.21 bits per heavy atom. The Morgan fingerprint density at radius 2 is 2.04 bits per heavy atom. The number of aromatic nitrogens is 2. The molecule has 0 saturated heterocycles. The molecule has 4 rings (SSSR count). The number of nitrogen functional groups attached to an aromatic ring is 1. The van der Waals surface area contributed by atoms with E-state index in [1.807, 2.05) is 0 Å². The first kappa shape index (κ1) is 18.7. The van der Waals surface area contributed by atoms with Crippen molar-refractivity contribution in [3.8, 4) is 0 Å². The summed E-state index contributed by atoms with van der Waals surface area (Å²) in [5.74, 6) is 0.506. The van der Waals surface area contributed by atoms with E-state index in [4.69, 9.17) is 14.8 Å². The van der Waals surface area contributed by atoms with E-state index in [1.165, 1.54) is 6.07 Å². The first-order valence-electron chi connectivity index (χ1n) is 8.63. The van der Waals surface area contributed by atoms with Crippen LogP contribution in [0.4, 0.5) is 5.69 Å². The van der Waals surface area contributed by atoms with Crippen LogP contribution in [0.2, 0.25) is 0 Å². The van der Waals surface area contributed by atoms with Crippen LogP contribution in [0.3, 0.4) is 0 Å². The summed E-state index contributed by atoms with van der Waals surface area (Å²) in [6, 6.07) is 9.83. The molecule has 0 amide bonds. The lowest BCUT2D eigenvalue weighted by Gasteiger charge is -2.11. The van der Waals surface area contributed by atoms with Crippen molar-refractivity contribution in [1.82, 2.24) is 10.2 Å². The number of anilines is 1. The summed E-state index contributed by atoms with van der Waals surface area (Å²) in [7, 11) is -4.70. The zero-order valence-corrected chi connectivity index (χ0v) is 15.9. The Kier molecular flexibility index (Phi) is 4.70. The molecule has 0 unspecified atom stereocenters.